The molecule has 2 nitrogen and oxygen atoms in total. The van der Waals surface area contributed by atoms with Gasteiger partial charge in [-0.1, -0.05) is 65.4 Å². The van der Waals surface area contributed by atoms with Crippen LogP contribution in [0.4, 0.5) is 5.69 Å². The van der Waals surface area contributed by atoms with E-state index in [4.69, 9.17) is 18.0 Å². The van der Waals surface area contributed by atoms with Crippen LogP contribution in [0.25, 0.3) is 0 Å². The molecule has 3 N–H and O–H groups in total. The van der Waals surface area contributed by atoms with Crippen molar-refractivity contribution in [1.82, 2.24) is 0 Å². The summed E-state index contributed by atoms with van der Waals surface area (Å²) >= 11 is 8.56. The Kier molecular flexibility index (Phi) is 5.15. The third-order valence-corrected chi connectivity index (χ3v) is 3.93. The summed E-state index contributed by atoms with van der Waals surface area (Å²) in [5.74, 6) is 0.411. The predicted molar refractivity (Wildman–Crippen MR) is 93.4 cm³/mol. The van der Waals surface area contributed by atoms with Crippen molar-refractivity contribution in [2.75, 3.05) is 11.9 Å². The van der Waals surface area contributed by atoms with E-state index < -0.39 is 0 Å². The minimum absolute atomic E-state index is 0.410. The maximum absolute atomic E-state index is 5.76. The summed E-state index contributed by atoms with van der Waals surface area (Å²) in [4.78, 5) is 0.410. The summed E-state index contributed by atoms with van der Waals surface area (Å²) < 4.78 is 1.01. The Bertz CT molecular complexity index is 599. The van der Waals surface area contributed by atoms with Gasteiger partial charge in [0.05, 0.1) is 0 Å². The van der Waals surface area contributed by atoms with Gasteiger partial charge in [0, 0.05) is 22.3 Å². The first-order chi connectivity index (χ1) is 9.58. The molecule has 2 aromatic carbocycles. The van der Waals surface area contributed by atoms with Crippen LogP contribution in [0.5, 0.6) is 0 Å². The topological polar surface area (TPSA) is 38.0 Å². The van der Waals surface area contributed by atoms with E-state index in [0.717, 1.165) is 22.3 Å². The fourth-order valence-electron chi connectivity index (χ4n) is 2.04. The molecule has 0 saturated carbocycles. The fourth-order valence-corrected chi connectivity index (χ4v) is 2.58. The first kappa shape index (κ1) is 15.0. The van der Waals surface area contributed by atoms with Gasteiger partial charge in [-0.3, -0.25) is 0 Å². The molecule has 0 amide bonds. The number of hydrogen-bond donors (Lipinski definition) is 2. The number of rotatable bonds is 5. The highest BCUT2D eigenvalue weighted by Gasteiger charge is 2.09. The van der Waals surface area contributed by atoms with Gasteiger partial charge in [-0.05, 0) is 29.7 Å². The highest BCUT2D eigenvalue weighted by molar-refractivity contribution is 9.10. The third kappa shape index (κ3) is 3.81. The van der Waals surface area contributed by atoms with Crippen LogP contribution in [0.2, 0.25) is 0 Å². The average molecular weight is 349 g/mol. The van der Waals surface area contributed by atoms with Crippen LogP contribution < -0.4 is 11.1 Å². The van der Waals surface area contributed by atoms with Crippen molar-refractivity contribution >= 4 is 38.8 Å². The van der Waals surface area contributed by atoms with Crippen LogP contribution in [-0.4, -0.2) is 11.5 Å². The number of nitrogens with two attached hydrogens (primary N) is 1. The standard InChI is InChI=1S/C16H17BrN2S/c1-11(12-5-3-2-4-6-12)10-19-15-9-13(17)7-8-14(15)16(18)20/h2-9,11,19H,10H2,1H3,(H2,18,20). The molecular formula is C16H17BrN2S. The van der Waals surface area contributed by atoms with Crippen molar-refractivity contribution in [2.45, 2.75) is 12.8 Å². The molecule has 1 atom stereocenters. The lowest BCUT2D eigenvalue weighted by Gasteiger charge is -2.16. The zero-order valence-electron chi connectivity index (χ0n) is 11.3. The van der Waals surface area contributed by atoms with Crippen LogP contribution >= 0.6 is 28.1 Å². The van der Waals surface area contributed by atoms with Crippen molar-refractivity contribution in [3.8, 4) is 0 Å². The van der Waals surface area contributed by atoms with Crippen LogP contribution in [-0.2, 0) is 0 Å². The van der Waals surface area contributed by atoms with E-state index in [1.165, 1.54) is 5.56 Å². The third-order valence-electron chi connectivity index (χ3n) is 3.21. The molecule has 0 saturated heterocycles. The second-order valence-corrected chi connectivity index (χ2v) is 6.10. The van der Waals surface area contributed by atoms with E-state index in [1.54, 1.807) is 0 Å². The molecule has 4 heteroatoms. The smallest absolute Gasteiger partial charge is 0.106 e. The fraction of sp³-hybridized carbons (Fsp3) is 0.188. The van der Waals surface area contributed by atoms with Crippen molar-refractivity contribution in [3.63, 3.8) is 0 Å². The van der Waals surface area contributed by atoms with Crippen molar-refractivity contribution in [2.24, 2.45) is 5.73 Å². The van der Waals surface area contributed by atoms with Gasteiger partial charge in [-0.2, -0.15) is 0 Å². The van der Waals surface area contributed by atoms with E-state index in [2.05, 4.69) is 52.4 Å². The number of halogens is 1. The van der Waals surface area contributed by atoms with Gasteiger partial charge in [-0.15, -0.1) is 0 Å². The van der Waals surface area contributed by atoms with Crippen molar-refractivity contribution < 1.29 is 0 Å². The molecule has 2 aromatic rings. The molecule has 0 spiro atoms. The van der Waals surface area contributed by atoms with Gasteiger partial charge in [-0.25, -0.2) is 0 Å². The van der Waals surface area contributed by atoms with E-state index >= 15 is 0 Å². The first-order valence-electron chi connectivity index (χ1n) is 6.46. The Balaban J connectivity index is 2.11. The van der Waals surface area contributed by atoms with Crippen molar-refractivity contribution in [1.29, 1.82) is 0 Å². The summed E-state index contributed by atoms with van der Waals surface area (Å²) in [6.45, 7) is 3.02. The molecule has 0 aliphatic heterocycles. The zero-order chi connectivity index (χ0) is 14.5. The highest BCUT2D eigenvalue weighted by atomic mass is 79.9. The number of thiocarbonyl (C=S) groups is 1. The van der Waals surface area contributed by atoms with Gasteiger partial charge in [0.1, 0.15) is 4.99 Å². The summed E-state index contributed by atoms with van der Waals surface area (Å²) in [5, 5.41) is 3.44. The minimum atomic E-state index is 0.410. The van der Waals surface area contributed by atoms with E-state index in [1.807, 2.05) is 24.3 Å². The van der Waals surface area contributed by atoms with Gasteiger partial charge < -0.3 is 11.1 Å². The summed E-state index contributed by atoms with van der Waals surface area (Å²) in [6.07, 6.45) is 0. The average Bonchev–Trinajstić information content (AvgIpc) is 2.45. The lowest BCUT2D eigenvalue weighted by molar-refractivity contribution is 0.805. The normalized spacial score (nSPS) is 11.9. The summed E-state index contributed by atoms with van der Waals surface area (Å²) in [5.41, 5.74) is 8.92. The first-order valence-corrected chi connectivity index (χ1v) is 7.66. The van der Waals surface area contributed by atoms with E-state index in [0.29, 0.717) is 10.9 Å². The van der Waals surface area contributed by atoms with Crippen LogP contribution in [0, 0.1) is 0 Å². The van der Waals surface area contributed by atoms with E-state index in [-0.39, 0.29) is 0 Å². The molecule has 0 aliphatic rings. The number of nitrogens with one attached hydrogen (secondary N) is 1. The van der Waals surface area contributed by atoms with Crippen molar-refractivity contribution in [3.05, 3.63) is 64.1 Å². The molecule has 2 rings (SSSR count). The Morgan fingerprint density at radius 3 is 2.60 bits per heavy atom. The molecule has 0 fully saturated rings. The molecule has 20 heavy (non-hydrogen) atoms. The predicted octanol–water partition coefficient (Wildman–Crippen LogP) is 4.30. The molecule has 1 unspecified atom stereocenters. The molecule has 104 valence electrons. The van der Waals surface area contributed by atoms with Gasteiger partial charge >= 0.3 is 0 Å². The molecular weight excluding hydrogens is 332 g/mol. The Morgan fingerprint density at radius 1 is 1.25 bits per heavy atom. The Morgan fingerprint density at radius 2 is 1.95 bits per heavy atom. The number of benzene rings is 2. The number of anilines is 1. The maximum Gasteiger partial charge on any atom is 0.106 e. The summed E-state index contributed by atoms with van der Waals surface area (Å²) in [7, 11) is 0. The Labute approximate surface area is 133 Å². The quantitative estimate of drug-likeness (QED) is 0.791. The van der Waals surface area contributed by atoms with E-state index in [9.17, 15) is 0 Å². The lowest BCUT2D eigenvalue weighted by Crippen LogP contribution is -2.16. The minimum Gasteiger partial charge on any atom is -0.389 e. The zero-order valence-corrected chi connectivity index (χ0v) is 13.7. The SMILES string of the molecule is CC(CNc1cc(Br)ccc1C(N)=S)c1ccccc1. The second kappa shape index (κ2) is 6.86. The monoisotopic (exact) mass is 348 g/mol. The molecule has 0 radical (unpaired) electrons. The largest absolute Gasteiger partial charge is 0.389 e. The number of hydrogen-bond acceptors (Lipinski definition) is 2. The highest BCUT2D eigenvalue weighted by Crippen LogP contribution is 2.23. The van der Waals surface area contributed by atoms with Gasteiger partial charge in [0.25, 0.3) is 0 Å². The Hall–Kier alpha value is -1.39. The van der Waals surface area contributed by atoms with Gasteiger partial charge in [0.15, 0.2) is 0 Å². The van der Waals surface area contributed by atoms with Gasteiger partial charge in [0.2, 0.25) is 0 Å². The van der Waals surface area contributed by atoms with Crippen LogP contribution in [0.1, 0.15) is 24.0 Å². The van der Waals surface area contributed by atoms with Crippen LogP contribution in [0.15, 0.2) is 53.0 Å². The summed E-state index contributed by atoms with van der Waals surface area (Å²) in [6, 6.07) is 16.3. The van der Waals surface area contributed by atoms with Crippen LogP contribution in [0.3, 0.4) is 0 Å². The molecule has 0 aromatic heterocycles. The molecule has 0 heterocycles. The molecule has 0 aliphatic carbocycles. The molecule has 0 bridgehead atoms. The second-order valence-electron chi connectivity index (χ2n) is 4.75. The maximum atomic E-state index is 5.76. The lowest BCUT2D eigenvalue weighted by atomic mass is 10.0.